The molecule has 1 aromatic rings. The Balaban J connectivity index is 1.90. The number of rotatable bonds is 19. The third kappa shape index (κ3) is 15.0. The highest BCUT2D eigenvalue weighted by molar-refractivity contribution is 6.18. The van der Waals surface area contributed by atoms with Crippen LogP contribution in [0.25, 0.3) is 0 Å². The maximum absolute atomic E-state index is 10.8. The first-order valence-electron chi connectivity index (χ1n) is 12.4. The summed E-state index contributed by atoms with van der Waals surface area (Å²) in [6, 6.07) is 10.2. The molecule has 0 aliphatic heterocycles. The maximum Gasteiger partial charge on any atom is 0.0822 e. The van der Waals surface area contributed by atoms with Crippen molar-refractivity contribution in [2.24, 2.45) is 5.92 Å². The van der Waals surface area contributed by atoms with Crippen molar-refractivity contribution in [2.45, 2.75) is 122 Å². The Kier molecular flexibility index (Phi) is 15.7. The molecule has 1 unspecified atom stereocenters. The normalized spacial score (nSPS) is 13.7. The molecule has 2 heteroatoms. The number of hydrogen-bond donors (Lipinski definition) is 1. The number of benzene rings is 1. The number of unbranched alkanes of at least 4 members (excludes halogenated alkanes) is 12. The molecule has 1 nitrogen and oxygen atoms in total. The highest BCUT2D eigenvalue weighted by Crippen LogP contribution is 2.23. The zero-order valence-electron chi connectivity index (χ0n) is 19.3. The second-order valence-corrected chi connectivity index (χ2v) is 9.82. The fourth-order valence-corrected chi connectivity index (χ4v) is 4.36. The van der Waals surface area contributed by atoms with E-state index in [4.69, 9.17) is 11.6 Å². The Morgan fingerprint density at radius 1 is 0.724 bits per heavy atom. The molecular formula is C27H47ClO. The van der Waals surface area contributed by atoms with Crippen LogP contribution in [-0.4, -0.2) is 16.6 Å². The van der Waals surface area contributed by atoms with E-state index in [2.05, 4.69) is 26.0 Å². The van der Waals surface area contributed by atoms with E-state index in [1.165, 1.54) is 89.0 Å². The summed E-state index contributed by atoms with van der Waals surface area (Å²) in [6.07, 6.45) is 20.6. The molecule has 0 amide bonds. The van der Waals surface area contributed by atoms with Crippen LogP contribution < -0.4 is 0 Å². The van der Waals surface area contributed by atoms with E-state index in [0.717, 1.165) is 18.8 Å². The van der Waals surface area contributed by atoms with Gasteiger partial charge in [0.25, 0.3) is 0 Å². The number of alkyl halides is 1. The molecule has 0 spiro atoms. The minimum atomic E-state index is -0.752. The van der Waals surface area contributed by atoms with E-state index in [1.807, 2.05) is 18.2 Å². The molecule has 0 saturated heterocycles. The topological polar surface area (TPSA) is 20.2 Å². The Morgan fingerprint density at radius 2 is 1.17 bits per heavy atom. The van der Waals surface area contributed by atoms with Gasteiger partial charge >= 0.3 is 0 Å². The average Bonchev–Trinajstić information content (AvgIpc) is 2.71. The van der Waals surface area contributed by atoms with Crippen molar-refractivity contribution >= 4 is 11.6 Å². The third-order valence-corrected chi connectivity index (χ3v) is 6.55. The molecular weight excluding hydrogens is 376 g/mol. The molecule has 168 valence electrons. The maximum atomic E-state index is 10.8. The summed E-state index contributed by atoms with van der Waals surface area (Å²) < 4.78 is 0. The predicted octanol–water partition coefficient (Wildman–Crippen LogP) is 8.71. The van der Waals surface area contributed by atoms with Gasteiger partial charge in [-0.25, -0.2) is 0 Å². The molecule has 0 fully saturated rings. The van der Waals surface area contributed by atoms with E-state index in [1.54, 1.807) is 0 Å². The molecule has 1 N–H and O–H groups in total. The number of aliphatic hydroxyl groups is 1. The number of hydrogen-bond acceptors (Lipinski definition) is 1. The lowest BCUT2D eigenvalue weighted by Gasteiger charge is -2.26. The lowest BCUT2D eigenvalue weighted by atomic mass is 9.90. The van der Waals surface area contributed by atoms with Gasteiger partial charge in [0.15, 0.2) is 0 Å². The zero-order valence-corrected chi connectivity index (χ0v) is 20.1. The minimum Gasteiger partial charge on any atom is -0.388 e. The Morgan fingerprint density at radius 3 is 1.62 bits per heavy atom. The molecule has 1 atom stereocenters. The molecule has 0 aliphatic carbocycles. The molecule has 0 aromatic heterocycles. The fraction of sp³-hybridized carbons (Fsp3) is 0.778. The van der Waals surface area contributed by atoms with Crippen LogP contribution in [-0.2, 0) is 6.42 Å². The van der Waals surface area contributed by atoms with Crippen LogP contribution in [0.4, 0.5) is 0 Å². The van der Waals surface area contributed by atoms with Crippen LogP contribution >= 0.6 is 11.6 Å². The van der Waals surface area contributed by atoms with Crippen LogP contribution in [0, 0.1) is 5.92 Å². The van der Waals surface area contributed by atoms with Gasteiger partial charge in [-0.3, -0.25) is 0 Å². The van der Waals surface area contributed by atoms with Crippen LogP contribution in [0.15, 0.2) is 30.3 Å². The van der Waals surface area contributed by atoms with Crippen molar-refractivity contribution in [3.05, 3.63) is 35.9 Å². The van der Waals surface area contributed by atoms with Gasteiger partial charge in [-0.05, 0) is 17.9 Å². The van der Waals surface area contributed by atoms with Crippen molar-refractivity contribution in [1.29, 1.82) is 0 Å². The van der Waals surface area contributed by atoms with Crippen LogP contribution in [0.1, 0.15) is 116 Å². The fourth-order valence-electron chi connectivity index (χ4n) is 4.13. The van der Waals surface area contributed by atoms with Gasteiger partial charge in [0.2, 0.25) is 0 Å². The smallest absolute Gasteiger partial charge is 0.0822 e. The van der Waals surface area contributed by atoms with Gasteiger partial charge in [0, 0.05) is 6.42 Å². The first-order valence-corrected chi connectivity index (χ1v) is 12.9. The van der Waals surface area contributed by atoms with Gasteiger partial charge in [0.1, 0.15) is 0 Å². The summed E-state index contributed by atoms with van der Waals surface area (Å²) in [5.41, 5.74) is 0.420. The Labute approximate surface area is 186 Å². The molecule has 1 rings (SSSR count). The van der Waals surface area contributed by atoms with Crippen LogP contribution in [0.5, 0.6) is 0 Å². The molecule has 0 saturated carbocycles. The lowest BCUT2D eigenvalue weighted by Crippen LogP contribution is -2.33. The molecule has 0 bridgehead atoms. The van der Waals surface area contributed by atoms with Gasteiger partial charge in [-0.1, -0.05) is 134 Å². The highest BCUT2D eigenvalue weighted by atomic mass is 35.5. The van der Waals surface area contributed by atoms with E-state index in [-0.39, 0.29) is 0 Å². The van der Waals surface area contributed by atoms with Crippen molar-refractivity contribution in [3.8, 4) is 0 Å². The van der Waals surface area contributed by atoms with Crippen molar-refractivity contribution in [1.82, 2.24) is 0 Å². The molecule has 0 aliphatic rings. The summed E-state index contributed by atoms with van der Waals surface area (Å²) in [4.78, 5) is 0. The van der Waals surface area contributed by atoms with E-state index in [0.29, 0.717) is 12.3 Å². The zero-order chi connectivity index (χ0) is 21.2. The SMILES string of the molecule is CC(C)CCCCCCCCCCCCCCCC(O)(CCl)Cc1ccccc1. The van der Waals surface area contributed by atoms with Crippen LogP contribution in [0.3, 0.4) is 0 Å². The quantitative estimate of drug-likeness (QED) is 0.174. The van der Waals surface area contributed by atoms with Crippen LogP contribution in [0.2, 0.25) is 0 Å². The molecule has 29 heavy (non-hydrogen) atoms. The first-order chi connectivity index (χ1) is 14.1. The van der Waals surface area contributed by atoms with E-state index < -0.39 is 5.60 Å². The van der Waals surface area contributed by atoms with E-state index >= 15 is 0 Å². The van der Waals surface area contributed by atoms with Gasteiger partial charge < -0.3 is 5.11 Å². The monoisotopic (exact) mass is 422 g/mol. The second kappa shape index (κ2) is 17.2. The van der Waals surface area contributed by atoms with Crippen molar-refractivity contribution in [3.63, 3.8) is 0 Å². The van der Waals surface area contributed by atoms with Gasteiger partial charge in [-0.15, -0.1) is 11.6 Å². The lowest BCUT2D eigenvalue weighted by molar-refractivity contribution is 0.0520. The minimum absolute atomic E-state index is 0.319. The standard InChI is InChI=1S/C27H47ClO/c1-25(2)19-15-12-10-8-6-4-3-5-7-9-11-13-18-22-27(29,24-28)23-26-20-16-14-17-21-26/h14,16-17,20-21,25,29H,3-13,15,18-19,22-24H2,1-2H3. The molecule has 0 radical (unpaired) electrons. The largest absolute Gasteiger partial charge is 0.388 e. The first kappa shape index (κ1) is 26.5. The van der Waals surface area contributed by atoms with E-state index in [9.17, 15) is 5.11 Å². The third-order valence-electron chi connectivity index (χ3n) is 6.05. The summed E-state index contributed by atoms with van der Waals surface area (Å²) in [5, 5.41) is 10.8. The second-order valence-electron chi connectivity index (χ2n) is 9.55. The average molecular weight is 423 g/mol. The summed E-state index contributed by atoms with van der Waals surface area (Å²) in [6.45, 7) is 4.65. The summed E-state index contributed by atoms with van der Waals surface area (Å²) in [7, 11) is 0. The summed E-state index contributed by atoms with van der Waals surface area (Å²) in [5.74, 6) is 1.19. The Bertz CT molecular complexity index is 473. The van der Waals surface area contributed by atoms with Crippen molar-refractivity contribution < 1.29 is 5.11 Å². The molecule has 1 aromatic carbocycles. The van der Waals surface area contributed by atoms with Gasteiger partial charge in [0.05, 0.1) is 11.5 Å². The Hall–Kier alpha value is -0.530. The van der Waals surface area contributed by atoms with Crippen molar-refractivity contribution in [2.75, 3.05) is 5.88 Å². The number of halogens is 1. The summed E-state index contributed by atoms with van der Waals surface area (Å²) >= 11 is 6.08. The highest BCUT2D eigenvalue weighted by Gasteiger charge is 2.25. The molecule has 0 heterocycles. The van der Waals surface area contributed by atoms with Gasteiger partial charge in [-0.2, -0.15) is 0 Å². The predicted molar refractivity (Wildman–Crippen MR) is 130 cm³/mol.